The Balaban J connectivity index is 1.74. The SMILES string of the molecule is CC1=C2CC3C(C)(CCC4OC43C)CC2OC1=O. The third kappa shape index (κ3) is 1.16. The lowest BCUT2D eigenvalue weighted by molar-refractivity contribution is -0.142. The van der Waals surface area contributed by atoms with Gasteiger partial charge >= 0.3 is 5.97 Å². The van der Waals surface area contributed by atoms with Crippen molar-refractivity contribution in [1.82, 2.24) is 0 Å². The van der Waals surface area contributed by atoms with Crippen molar-refractivity contribution in [2.45, 2.75) is 64.3 Å². The van der Waals surface area contributed by atoms with Crippen LogP contribution in [0.1, 0.15) is 46.5 Å². The first kappa shape index (κ1) is 11.0. The van der Waals surface area contributed by atoms with Gasteiger partial charge in [0.05, 0.1) is 11.7 Å². The van der Waals surface area contributed by atoms with E-state index in [1.54, 1.807) is 0 Å². The van der Waals surface area contributed by atoms with Gasteiger partial charge in [-0.05, 0) is 56.4 Å². The molecule has 2 heterocycles. The van der Waals surface area contributed by atoms with Gasteiger partial charge < -0.3 is 9.47 Å². The summed E-state index contributed by atoms with van der Waals surface area (Å²) in [7, 11) is 0. The highest BCUT2D eigenvalue weighted by molar-refractivity contribution is 5.91. The summed E-state index contributed by atoms with van der Waals surface area (Å²) in [5.74, 6) is 0.454. The van der Waals surface area contributed by atoms with E-state index in [0.717, 1.165) is 18.4 Å². The molecule has 18 heavy (non-hydrogen) atoms. The third-order valence-corrected chi connectivity index (χ3v) is 5.99. The fraction of sp³-hybridized carbons (Fsp3) is 0.800. The molecule has 3 fully saturated rings. The van der Waals surface area contributed by atoms with Crippen LogP contribution in [-0.2, 0) is 14.3 Å². The van der Waals surface area contributed by atoms with Crippen molar-refractivity contribution in [3.05, 3.63) is 11.1 Å². The van der Waals surface area contributed by atoms with Gasteiger partial charge in [0.15, 0.2) is 0 Å². The quantitative estimate of drug-likeness (QED) is 0.488. The molecule has 2 saturated carbocycles. The average Bonchev–Trinajstić information content (AvgIpc) is 2.91. The van der Waals surface area contributed by atoms with Crippen molar-refractivity contribution in [2.75, 3.05) is 0 Å². The van der Waals surface area contributed by atoms with Crippen LogP contribution in [0.5, 0.6) is 0 Å². The van der Waals surface area contributed by atoms with E-state index in [4.69, 9.17) is 9.47 Å². The normalized spacial score (nSPS) is 53.5. The first-order chi connectivity index (χ1) is 8.44. The summed E-state index contributed by atoms with van der Waals surface area (Å²) in [5, 5.41) is 0. The van der Waals surface area contributed by atoms with Crippen LogP contribution in [0, 0.1) is 11.3 Å². The van der Waals surface area contributed by atoms with Gasteiger partial charge in [-0.1, -0.05) is 6.92 Å². The zero-order valence-corrected chi connectivity index (χ0v) is 11.3. The minimum Gasteiger partial charge on any atom is -0.454 e. The largest absolute Gasteiger partial charge is 0.454 e. The van der Waals surface area contributed by atoms with Crippen molar-refractivity contribution in [1.29, 1.82) is 0 Å². The lowest BCUT2D eigenvalue weighted by Gasteiger charge is -2.48. The van der Waals surface area contributed by atoms with E-state index >= 15 is 0 Å². The van der Waals surface area contributed by atoms with Crippen molar-refractivity contribution < 1.29 is 14.3 Å². The Kier molecular flexibility index (Phi) is 1.84. The van der Waals surface area contributed by atoms with Crippen LogP contribution in [0.3, 0.4) is 0 Å². The molecule has 1 saturated heterocycles. The second kappa shape index (κ2) is 3.01. The van der Waals surface area contributed by atoms with Crippen LogP contribution in [0.4, 0.5) is 0 Å². The summed E-state index contributed by atoms with van der Waals surface area (Å²) >= 11 is 0. The van der Waals surface area contributed by atoms with E-state index in [2.05, 4.69) is 13.8 Å². The Morgan fingerprint density at radius 1 is 1.33 bits per heavy atom. The van der Waals surface area contributed by atoms with Crippen LogP contribution >= 0.6 is 0 Å². The topological polar surface area (TPSA) is 38.8 Å². The van der Waals surface area contributed by atoms with Crippen LogP contribution in [0.2, 0.25) is 0 Å². The smallest absolute Gasteiger partial charge is 0.334 e. The highest BCUT2D eigenvalue weighted by Crippen LogP contribution is 2.64. The maximum Gasteiger partial charge on any atom is 0.334 e. The number of rotatable bonds is 0. The molecule has 3 heteroatoms. The Bertz CT molecular complexity index is 480. The van der Waals surface area contributed by atoms with Crippen LogP contribution in [-0.4, -0.2) is 23.8 Å². The first-order valence-corrected chi connectivity index (χ1v) is 7.02. The predicted molar refractivity (Wildman–Crippen MR) is 65.9 cm³/mol. The van der Waals surface area contributed by atoms with Gasteiger partial charge in [0.2, 0.25) is 0 Å². The Morgan fingerprint density at radius 3 is 2.89 bits per heavy atom. The second-order valence-electron chi connectivity index (χ2n) is 6.99. The van der Waals surface area contributed by atoms with Gasteiger partial charge in [-0.3, -0.25) is 0 Å². The zero-order valence-electron chi connectivity index (χ0n) is 11.3. The molecule has 3 nitrogen and oxygen atoms in total. The molecule has 98 valence electrons. The van der Waals surface area contributed by atoms with Crippen molar-refractivity contribution >= 4 is 5.97 Å². The highest BCUT2D eigenvalue weighted by Gasteiger charge is 2.67. The Labute approximate surface area is 108 Å². The highest BCUT2D eigenvalue weighted by atomic mass is 16.6. The maximum absolute atomic E-state index is 11.7. The first-order valence-electron chi connectivity index (χ1n) is 7.02. The van der Waals surface area contributed by atoms with Gasteiger partial charge in [-0.15, -0.1) is 0 Å². The summed E-state index contributed by atoms with van der Waals surface area (Å²) in [5.41, 5.74) is 2.45. The lowest BCUT2D eigenvalue weighted by Crippen LogP contribution is -2.48. The fourth-order valence-electron chi connectivity index (χ4n) is 4.70. The monoisotopic (exact) mass is 248 g/mol. The molecule has 2 aliphatic heterocycles. The minimum atomic E-state index is -0.101. The van der Waals surface area contributed by atoms with Gasteiger partial charge in [-0.25, -0.2) is 4.79 Å². The molecule has 0 aromatic heterocycles. The number of hydrogen-bond acceptors (Lipinski definition) is 3. The third-order valence-electron chi connectivity index (χ3n) is 5.99. The lowest BCUT2D eigenvalue weighted by atomic mass is 9.55. The number of carbonyl (C=O) groups excluding carboxylic acids is 1. The maximum atomic E-state index is 11.7. The van der Waals surface area contributed by atoms with Gasteiger partial charge in [-0.2, -0.15) is 0 Å². The molecule has 2 aliphatic carbocycles. The molecular formula is C15H20O3. The average molecular weight is 248 g/mol. The van der Waals surface area contributed by atoms with E-state index in [9.17, 15) is 4.79 Å². The summed E-state index contributed by atoms with van der Waals surface area (Å²) in [6.07, 6.45) is 4.87. The van der Waals surface area contributed by atoms with E-state index in [-0.39, 0.29) is 23.1 Å². The Hall–Kier alpha value is -0.830. The molecule has 0 radical (unpaired) electrons. The van der Waals surface area contributed by atoms with Gasteiger partial charge in [0.1, 0.15) is 6.10 Å². The van der Waals surface area contributed by atoms with Crippen LogP contribution < -0.4 is 0 Å². The molecular weight excluding hydrogens is 228 g/mol. The molecule has 4 rings (SSSR count). The summed E-state index contributed by atoms with van der Waals surface area (Å²) in [4.78, 5) is 11.7. The van der Waals surface area contributed by atoms with Crippen molar-refractivity contribution in [3.63, 3.8) is 0 Å². The number of esters is 1. The molecule has 0 bridgehead atoms. The van der Waals surface area contributed by atoms with Crippen LogP contribution in [0.15, 0.2) is 11.1 Å². The van der Waals surface area contributed by atoms with Crippen molar-refractivity contribution in [3.8, 4) is 0 Å². The predicted octanol–water partition coefficient (Wildman–Crippen LogP) is 2.60. The number of epoxide rings is 1. The second-order valence-corrected chi connectivity index (χ2v) is 6.99. The molecule has 0 spiro atoms. The standard InChI is InChI=1S/C15H20O3/c1-8-9-6-11-14(2,7-10(9)17-13(8)16)5-4-12-15(11,3)18-12/h10-12H,4-7H2,1-3H3. The zero-order chi connectivity index (χ0) is 12.7. The number of hydrogen-bond donors (Lipinski definition) is 0. The summed E-state index contributed by atoms with van der Waals surface area (Å²) in [6, 6.07) is 0. The number of ether oxygens (including phenoxy) is 2. The molecule has 0 amide bonds. The molecule has 5 unspecified atom stereocenters. The van der Waals surface area contributed by atoms with E-state index in [1.807, 2.05) is 6.92 Å². The van der Waals surface area contributed by atoms with Crippen LogP contribution in [0.25, 0.3) is 0 Å². The van der Waals surface area contributed by atoms with Crippen molar-refractivity contribution in [2.24, 2.45) is 11.3 Å². The number of fused-ring (bicyclic) bond motifs is 4. The summed E-state index contributed by atoms with van der Waals surface area (Å²) < 4.78 is 11.5. The molecule has 4 aliphatic rings. The van der Waals surface area contributed by atoms with E-state index in [0.29, 0.717) is 12.0 Å². The van der Waals surface area contributed by atoms with Gasteiger partial charge in [0, 0.05) is 5.57 Å². The molecule has 0 aromatic carbocycles. The summed E-state index contributed by atoms with van der Waals surface area (Å²) in [6.45, 7) is 6.53. The van der Waals surface area contributed by atoms with E-state index < -0.39 is 0 Å². The minimum absolute atomic E-state index is 0.0534. The fourth-order valence-corrected chi connectivity index (χ4v) is 4.70. The molecule has 0 aromatic rings. The van der Waals surface area contributed by atoms with Gasteiger partial charge in [0.25, 0.3) is 0 Å². The van der Waals surface area contributed by atoms with E-state index in [1.165, 1.54) is 18.4 Å². The molecule has 5 atom stereocenters. The molecule has 0 N–H and O–H groups in total. The Morgan fingerprint density at radius 2 is 2.11 bits per heavy atom. The number of carbonyl (C=O) groups is 1.